The van der Waals surface area contributed by atoms with Crippen molar-refractivity contribution in [3.63, 3.8) is 0 Å². The molecule has 5 nitrogen and oxygen atoms in total. The van der Waals surface area contributed by atoms with Crippen molar-refractivity contribution >= 4 is 27.6 Å². The van der Waals surface area contributed by atoms with Gasteiger partial charge in [-0.3, -0.25) is 10.1 Å². The minimum atomic E-state index is -0.402. The number of methoxy groups -OCH3 is 1. The molecule has 1 heterocycles. The fourth-order valence-corrected chi connectivity index (χ4v) is 2.93. The minimum Gasteiger partial charge on any atom is -0.497 e. The highest BCUT2D eigenvalue weighted by atomic mass is 16.6. The van der Waals surface area contributed by atoms with E-state index in [0.717, 1.165) is 21.9 Å². The first kappa shape index (κ1) is 14.3. The third kappa shape index (κ3) is 2.18. The van der Waals surface area contributed by atoms with Crippen molar-refractivity contribution in [3.8, 4) is 16.9 Å². The Labute approximate surface area is 137 Å². The van der Waals surface area contributed by atoms with Gasteiger partial charge in [-0.2, -0.15) is 0 Å². The van der Waals surface area contributed by atoms with E-state index in [4.69, 9.17) is 9.15 Å². The summed E-state index contributed by atoms with van der Waals surface area (Å²) in [6.45, 7) is 0. The molecule has 0 bridgehead atoms. The molecule has 0 N–H and O–H groups in total. The van der Waals surface area contributed by atoms with Crippen molar-refractivity contribution < 1.29 is 14.1 Å². The molecule has 0 saturated carbocycles. The molecule has 4 aromatic rings. The highest BCUT2D eigenvalue weighted by Crippen LogP contribution is 2.36. The average Bonchev–Trinajstić information content (AvgIpc) is 2.98. The van der Waals surface area contributed by atoms with Crippen LogP contribution < -0.4 is 4.74 Å². The zero-order valence-electron chi connectivity index (χ0n) is 12.9. The summed E-state index contributed by atoms with van der Waals surface area (Å²) in [6, 6.07) is 18.3. The lowest BCUT2D eigenvalue weighted by Crippen LogP contribution is -1.93. The number of para-hydroxylation sites is 1. The number of rotatable bonds is 3. The zero-order chi connectivity index (χ0) is 16.7. The summed E-state index contributed by atoms with van der Waals surface area (Å²) < 4.78 is 10.9. The summed E-state index contributed by atoms with van der Waals surface area (Å²) in [5.41, 5.74) is 2.77. The van der Waals surface area contributed by atoms with Crippen LogP contribution in [0.4, 0.5) is 5.69 Å². The van der Waals surface area contributed by atoms with Crippen molar-refractivity contribution in [2.24, 2.45) is 0 Å². The third-order valence-corrected chi connectivity index (χ3v) is 4.09. The lowest BCUT2D eigenvalue weighted by molar-refractivity contribution is -0.384. The van der Waals surface area contributed by atoms with E-state index in [2.05, 4.69) is 0 Å². The number of furan rings is 1. The second-order valence-electron chi connectivity index (χ2n) is 5.45. The molecule has 0 aliphatic carbocycles. The number of hydrogen-bond acceptors (Lipinski definition) is 4. The summed E-state index contributed by atoms with van der Waals surface area (Å²) in [4.78, 5) is 11.0. The van der Waals surface area contributed by atoms with Crippen LogP contribution in [0.3, 0.4) is 0 Å². The number of nitro benzene ring substituents is 1. The van der Waals surface area contributed by atoms with E-state index in [1.807, 2.05) is 42.5 Å². The van der Waals surface area contributed by atoms with Crippen LogP contribution in [-0.2, 0) is 0 Å². The predicted octanol–water partition coefficient (Wildman–Crippen LogP) is 5.17. The van der Waals surface area contributed by atoms with Gasteiger partial charge in [0.05, 0.1) is 23.7 Å². The van der Waals surface area contributed by atoms with E-state index >= 15 is 0 Å². The fourth-order valence-electron chi connectivity index (χ4n) is 2.93. The van der Waals surface area contributed by atoms with Gasteiger partial charge >= 0.3 is 0 Å². The summed E-state index contributed by atoms with van der Waals surface area (Å²) >= 11 is 0. The average molecular weight is 319 g/mol. The van der Waals surface area contributed by atoms with E-state index in [-0.39, 0.29) is 5.69 Å². The van der Waals surface area contributed by atoms with E-state index in [0.29, 0.717) is 16.9 Å². The highest BCUT2D eigenvalue weighted by Gasteiger charge is 2.18. The standard InChI is InChI=1S/C19H13NO4/c1-23-13-7-9-14(17(11-13)20(21)22)12-6-8-16-15-4-2-3-5-18(15)24-19(16)10-12/h2-11H,1H3. The number of benzene rings is 3. The van der Waals surface area contributed by atoms with Gasteiger partial charge in [0, 0.05) is 10.8 Å². The first-order valence-corrected chi connectivity index (χ1v) is 7.41. The maximum absolute atomic E-state index is 11.4. The van der Waals surface area contributed by atoms with Gasteiger partial charge in [0.25, 0.3) is 5.69 Å². The summed E-state index contributed by atoms with van der Waals surface area (Å²) in [7, 11) is 1.49. The molecular formula is C19H13NO4. The Morgan fingerprint density at radius 2 is 1.75 bits per heavy atom. The summed E-state index contributed by atoms with van der Waals surface area (Å²) in [5, 5.41) is 13.4. The fraction of sp³-hybridized carbons (Fsp3) is 0.0526. The first-order valence-electron chi connectivity index (χ1n) is 7.41. The van der Waals surface area contributed by atoms with Gasteiger partial charge in [-0.05, 0) is 35.9 Å². The molecular weight excluding hydrogens is 306 g/mol. The van der Waals surface area contributed by atoms with Gasteiger partial charge in [-0.15, -0.1) is 0 Å². The quantitative estimate of drug-likeness (QED) is 0.386. The Hall–Kier alpha value is -3.34. The topological polar surface area (TPSA) is 65.5 Å². The first-order chi connectivity index (χ1) is 11.7. The molecule has 0 saturated heterocycles. The number of nitro groups is 1. The molecule has 0 unspecified atom stereocenters. The molecule has 0 atom stereocenters. The van der Waals surface area contributed by atoms with Crippen LogP contribution in [-0.4, -0.2) is 12.0 Å². The predicted molar refractivity (Wildman–Crippen MR) is 92.4 cm³/mol. The molecule has 0 radical (unpaired) electrons. The second-order valence-corrected chi connectivity index (χ2v) is 5.45. The molecule has 0 aliphatic heterocycles. The van der Waals surface area contributed by atoms with Crippen LogP contribution >= 0.6 is 0 Å². The van der Waals surface area contributed by atoms with Crippen molar-refractivity contribution in [2.45, 2.75) is 0 Å². The molecule has 5 heteroatoms. The van der Waals surface area contributed by atoms with Crippen LogP contribution in [0.5, 0.6) is 5.75 Å². The maximum atomic E-state index is 11.4. The van der Waals surface area contributed by atoms with Gasteiger partial charge < -0.3 is 9.15 Å². The summed E-state index contributed by atoms with van der Waals surface area (Å²) in [6.07, 6.45) is 0. The molecule has 0 aliphatic rings. The molecule has 4 rings (SSSR count). The van der Waals surface area contributed by atoms with Crippen LogP contribution in [0, 0.1) is 10.1 Å². The Morgan fingerprint density at radius 1 is 0.958 bits per heavy atom. The van der Waals surface area contributed by atoms with Crippen LogP contribution in [0.25, 0.3) is 33.1 Å². The molecule has 0 amide bonds. The number of fused-ring (bicyclic) bond motifs is 3. The van der Waals surface area contributed by atoms with Gasteiger partial charge in [0.15, 0.2) is 0 Å². The highest BCUT2D eigenvalue weighted by molar-refractivity contribution is 6.06. The van der Waals surface area contributed by atoms with Crippen molar-refractivity contribution in [2.75, 3.05) is 7.11 Å². The van der Waals surface area contributed by atoms with Crippen LogP contribution in [0.1, 0.15) is 0 Å². The van der Waals surface area contributed by atoms with Gasteiger partial charge in [-0.1, -0.05) is 24.3 Å². The summed E-state index contributed by atoms with van der Waals surface area (Å²) in [5.74, 6) is 0.454. The molecule has 0 fully saturated rings. The number of ether oxygens (including phenoxy) is 1. The molecule has 3 aromatic carbocycles. The molecule has 118 valence electrons. The molecule has 1 aromatic heterocycles. The minimum absolute atomic E-state index is 0.00445. The van der Waals surface area contributed by atoms with Crippen molar-refractivity contribution in [1.82, 2.24) is 0 Å². The van der Waals surface area contributed by atoms with E-state index < -0.39 is 4.92 Å². The van der Waals surface area contributed by atoms with Crippen LogP contribution in [0.2, 0.25) is 0 Å². The normalized spacial score (nSPS) is 11.0. The monoisotopic (exact) mass is 319 g/mol. The largest absolute Gasteiger partial charge is 0.497 e. The Morgan fingerprint density at radius 3 is 2.54 bits per heavy atom. The Bertz CT molecular complexity index is 1080. The SMILES string of the molecule is COc1ccc(-c2ccc3c(c2)oc2ccccc23)c([N+](=O)[O-])c1. The van der Waals surface area contributed by atoms with E-state index in [1.165, 1.54) is 13.2 Å². The van der Waals surface area contributed by atoms with Crippen molar-refractivity contribution in [3.05, 3.63) is 70.8 Å². The third-order valence-electron chi connectivity index (χ3n) is 4.09. The second kappa shape index (κ2) is 5.38. The van der Waals surface area contributed by atoms with Crippen molar-refractivity contribution in [1.29, 1.82) is 0 Å². The Balaban J connectivity index is 1.93. The lowest BCUT2D eigenvalue weighted by Gasteiger charge is -2.05. The number of hydrogen-bond donors (Lipinski definition) is 0. The number of nitrogens with zero attached hydrogens (tertiary/aromatic N) is 1. The Kier molecular flexibility index (Phi) is 3.20. The maximum Gasteiger partial charge on any atom is 0.280 e. The van der Waals surface area contributed by atoms with Crippen LogP contribution in [0.15, 0.2) is 65.1 Å². The molecule has 0 spiro atoms. The van der Waals surface area contributed by atoms with Gasteiger partial charge in [0.1, 0.15) is 16.9 Å². The van der Waals surface area contributed by atoms with Gasteiger partial charge in [0.2, 0.25) is 0 Å². The smallest absolute Gasteiger partial charge is 0.280 e. The zero-order valence-corrected chi connectivity index (χ0v) is 12.9. The van der Waals surface area contributed by atoms with Gasteiger partial charge in [-0.25, -0.2) is 0 Å². The molecule has 24 heavy (non-hydrogen) atoms. The van der Waals surface area contributed by atoms with E-state index in [1.54, 1.807) is 12.1 Å². The lowest BCUT2D eigenvalue weighted by atomic mass is 10.0. The van der Waals surface area contributed by atoms with E-state index in [9.17, 15) is 10.1 Å².